The summed E-state index contributed by atoms with van der Waals surface area (Å²) in [5, 5.41) is 16.7. The number of aliphatic imine (C=N–C) groups is 1. The lowest BCUT2D eigenvalue weighted by Crippen LogP contribution is -2.57. The first-order valence-corrected chi connectivity index (χ1v) is 12.5. The van der Waals surface area contributed by atoms with Crippen molar-refractivity contribution in [2.24, 2.45) is 27.9 Å². The van der Waals surface area contributed by atoms with Crippen LogP contribution in [0.2, 0.25) is 0 Å². The van der Waals surface area contributed by atoms with Crippen molar-refractivity contribution in [3.8, 4) is 0 Å². The Morgan fingerprint density at radius 3 is 2.00 bits per heavy atom. The molecule has 210 valence electrons. The first kappa shape index (κ1) is 32.2. The van der Waals surface area contributed by atoms with Crippen LogP contribution in [0.4, 0.5) is 0 Å². The zero-order valence-electron chi connectivity index (χ0n) is 20.8. The van der Waals surface area contributed by atoms with Crippen molar-refractivity contribution in [3.63, 3.8) is 0 Å². The number of carboxylic acid groups (broad SMARTS) is 1. The van der Waals surface area contributed by atoms with E-state index < -0.39 is 53.8 Å². The number of hydrogen-bond acceptors (Lipinski definition) is 8. The number of rotatable bonds is 17. The van der Waals surface area contributed by atoms with E-state index in [0.29, 0.717) is 5.56 Å². The minimum atomic E-state index is -1.29. The molecule has 0 saturated heterocycles. The SMILES string of the molecule is NC(=O)CCC(N)C(=O)NC(Cc1ccccc1)C(=O)NC(CCCN=C(N)N)C(=O)NC(CS)C(=O)O. The molecule has 38 heavy (non-hydrogen) atoms. The normalized spacial score (nSPS) is 13.7. The Bertz CT molecular complexity index is 989. The number of nitrogens with zero attached hydrogens (tertiary/aromatic N) is 1. The van der Waals surface area contributed by atoms with Crippen molar-refractivity contribution in [1.82, 2.24) is 16.0 Å². The third kappa shape index (κ3) is 12.4. The summed E-state index contributed by atoms with van der Waals surface area (Å²) >= 11 is 3.93. The monoisotopic (exact) mass is 552 g/mol. The number of guanidine groups is 1. The predicted molar refractivity (Wildman–Crippen MR) is 144 cm³/mol. The maximum Gasteiger partial charge on any atom is 0.327 e. The Hall–Kier alpha value is -3.85. The molecule has 1 aromatic rings. The molecule has 0 radical (unpaired) electrons. The van der Waals surface area contributed by atoms with Crippen molar-refractivity contribution >= 4 is 48.2 Å². The standard InChI is InChI=1S/C23H36N8O6S/c24-14(8-9-18(25)32)19(33)30-16(11-13-5-2-1-3-6-13)21(35)29-15(7-4-10-28-23(26)27)20(34)31-17(12-38)22(36)37/h1-3,5-6,14-17,38H,4,7-12,24H2,(H2,25,32)(H,29,35)(H,30,33)(H,31,34)(H,36,37)(H4,26,27,28). The number of nitrogens with one attached hydrogen (secondary N) is 3. The molecule has 4 amide bonds. The highest BCUT2D eigenvalue weighted by Crippen LogP contribution is 2.07. The molecular formula is C23H36N8O6S. The summed E-state index contributed by atoms with van der Waals surface area (Å²) in [6, 6.07) is 4.11. The van der Waals surface area contributed by atoms with Gasteiger partial charge in [-0.05, 0) is 24.8 Å². The third-order valence-electron chi connectivity index (χ3n) is 5.33. The van der Waals surface area contributed by atoms with Crippen LogP contribution in [0.3, 0.4) is 0 Å². The summed E-state index contributed by atoms with van der Waals surface area (Å²) in [4.78, 5) is 65.1. The second kappa shape index (κ2) is 16.8. The maximum atomic E-state index is 13.3. The van der Waals surface area contributed by atoms with Crippen molar-refractivity contribution in [2.45, 2.75) is 56.3 Å². The molecule has 14 nitrogen and oxygen atoms in total. The van der Waals surface area contributed by atoms with Gasteiger partial charge in [0.1, 0.15) is 18.1 Å². The Morgan fingerprint density at radius 1 is 0.868 bits per heavy atom. The number of carbonyl (C=O) groups excluding carboxylic acids is 4. The molecule has 0 saturated carbocycles. The molecule has 0 aromatic heterocycles. The fourth-order valence-corrected chi connectivity index (χ4v) is 3.52. The summed E-state index contributed by atoms with van der Waals surface area (Å²) in [5.74, 6) is -4.38. The van der Waals surface area contributed by atoms with E-state index >= 15 is 0 Å². The van der Waals surface area contributed by atoms with E-state index in [1.54, 1.807) is 30.3 Å². The smallest absolute Gasteiger partial charge is 0.327 e. The van der Waals surface area contributed by atoms with E-state index in [1.165, 1.54) is 0 Å². The summed E-state index contributed by atoms with van der Waals surface area (Å²) in [6.45, 7) is 0.163. The van der Waals surface area contributed by atoms with Gasteiger partial charge in [0.2, 0.25) is 23.6 Å². The van der Waals surface area contributed by atoms with Crippen LogP contribution < -0.4 is 38.9 Å². The second-order valence-electron chi connectivity index (χ2n) is 8.45. The second-order valence-corrected chi connectivity index (χ2v) is 8.82. The predicted octanol–water partition coefficient (Wildman–Crippen LogP) is -2.66. The molecule has 0 spiro atoms. The van der Waals surface area contributed by atoms with Crippen LogP contribution in [0.5, 0.6) is 0 Å². The number of carboxylic acids is 1. The van der Waals surface area contributed by atoms with Gasteiger partial charge >= 0.3 is 5.97 Å². The van der Waals surface area contributed by atoms with Crippen LogP contribution in [0, 0.1) is 0 Å². The zero-order valence-corrected chi connectivity index (χ0v) is 21.7. The molecule has 0 aliphatic rings. The number of aliphatic carboxylic acids is 1. The largest absolute Gasteiger partial charge is 0.480 e. The van der Waals surface area contributed by atoms with Gasteiger partial charge < -0.3 is 44.0 Å². The summed E-state index contributed by atoms with van der Waals surface area (Å²) in [7, 11) is 0. The van der Waals surface area contributed by atoms with Gasteiger partial charge in [0, 0.05) is 25.1 Å². The molecule has 15 heteroatoms. The average Bonchev–Trinajstić information content (AvgIpc) is 2.86. The third-order valence-corrected chi connectivity index (χ3v) is 5.69. The molecule has 1 rings (SSSR count). The lowest BCUT2D eigenvalue weighted by Gasteiger charge is -2.25. The highest BCUT2D eigenvalue weighted by Gasteiger charge is 2.30. The van der Waals surface area contributed by atoms with Gasteiger partial charge in [-0.3, -0.25) is 24.2 Å². The molecule has 12 N–H and O–H groups in total. The van der Waals surface area contributed by atoms with E-state index in [9.17, 15) is 29.1 Å². The van der Waals surface area contributed by atoms with Crippen LogP contribution >= 0.6 is 12.6 Å². The van der Waals surface area contributed by atoms with E-state index in [-0.39, 0.29) is 50.4 Å². The summed E-state index contributed by atoms with van der Waals surface area (Å²) in [5.41, 5.74) is 22.3. The number of thiol groups is 1. The van der Waals surface area contributed by atoms with E-state index in [1.807, 2.05) is 0 Å². The molecule has 0 fully saturated rings. The number of nitrogens with two attached hydrogens (primary N) is 4. The fourth-order valence-electron chi connectivity index (χ4n) is 3.27. The van der Waals surface area contributed by atoms with E-state index in [4.69, 9.17) is 22.9 Å². The van der Waals surface area contributed by atoms with Gasteiger partial charge in [-0.25, -0.2) is 4.79 Å². The summed E-state index contributed by atoms with van der Waals surface area (Å²) in [6.07, 6.45) is 0.284. The van der Waals surface area contributed by atoms with Crippen LogP contribution in [0.25, 0.3) is 0 Å². The molecular weight excluding hydrogens is 516 g/mol. The van der Waals surface area contributed by atoms with E-state index in [0.717, 1.165) is 0 Å². The first-order valence-electron chi connectivity index (χ1n) is 11.8. The number of amides is 4. The van der Waals surface area contributed by atoms with Crippen molar-refractivity contribution in [3.05, 3.63) is 35.9 Å². The Morgan fingerprint density at radius 2 is 1.45 bits per heavy atom. The number of primary amides is 1. The lowest BCUT2D eigenvalue weighted by molar-refractivity contribution is -0.141. The molecule has 0 heterocycles. The van der Waals surface area contributed by atoms with Crippen LogP contribution in [0.15, 0.2) is 35.3 Å². The number of hydrogen-bond donors (Lipinski definition) is 9. The van der Waals surface area contributed by atoms with E-state index in [2.05, 4.69) is 33.6 Å². The molecule has 1 aromatic carbocycles. The van der Waals surface area contributed by atoms with Gasteiger partial charge in [-0.1, -0.05) is 30.3 Å². The van der Waals surface area contributed by atoms with Crippen molar-refractivity contribution in [1.29, 1.82) is 0 Å². The zero-order chi connectivity index (χ0) is 28.7. The lowest BCUT2D eigenvalue weighted by atomic mass is 10.0. The minimum absolute atomic E-state index is 0.0169. The quantitative estimate of drug-likeness (QED) is 0.0422. The summed E-state index contributed by atoms with van der Waals surface area (Å²) < 4.78 is 0. The molecule has 0 aliphatic heterocycles. The minimum Gasteiger partial charge on any atom is -0.480 e. The Balaban J connectivity index is 3.10. The number of benzene rings is 1. The average molecular weight is 553 g/mol. The van der Waals surface area contributed by atoms with Gasteiger partial charge in [0.05, 0.1) is 6.04 Å². The number of carbonyl (C=O) groups is 5. The highest BCUT2D eigenvalue weighted by molar-refractivity contribution is 7.80. The Labute approximate surface area is 225 Å². The molecule has 4 atom stereocenters. The topological polar surface area (TPSA) is 258 Å². The molecule has 0 aliphatic carbocycles. The van der Waals surface area contributed by atoms with Crippen molar-refractivity contribution < 1.29 is 29.1 Å². The maximum absolute atomic E-state index is 13.3. The van der Waals surface area contributed by atoms with Crippen LogP contribution in [-0.2, 0) is 30.4 Å². The molecule has 0 bridgehead atoms. The van der Waals surface area contributed by atoms with Gasteiger partial charge in [-0.2, -0.15) is 12.6 Å². The Kier molecular flexibility index (Phi) is 14.2. The van der Waals surface area contributed by atoms with Crippen LogP contribution in [0.1, 0.15) is 31.2 Å². The first-order chi connectivity index (χ1) is 17.9. The van der Waals surface area contributed by atoms with Gasteiger partial charge in [-0.15, -0.1) is 0 Å². The van der Waals surface area contributed by atoms with Crippen LogP contribution in [-0.4, -0.2) is 77.1 Å². The van der Waals surface area contributed by atoms with Crippen molar-refractivity contribution in [2.75, 3.05) is 12.3 Å². The molecule has 4 unspecified atom stereocenters. The van der Waals surface area contributed by atoms with Gasteiger partial charge in [0.25, 0.3) is 0 Å². The fraction of sp³-hybridized carbons (Fsp3) is 0.478. The van der Waals surface area contributed by atoms with Gasteiger partial charge in [0.15, 0.2) is 5.96 Å². The highest BCUT2D eigenvalue weighted by atomic mass is 32.1.